The van der Waals surface area contributed by atoms with Crippen molar-refractivity contribution in [3.8, 4) is 0 Å². The van der Waals surface area contributed by atoms with Gasteiger partial charge in [0.25, 0.3) is 5.91 Å². The van der Waals surface area contributed by atoms with E-state index in [0.717, 1.165) is 5.69 Å². The monoisotopic (exact) mass is 309 g/mol. The molecule has 18 heavy (non-hydrogen) atoms. The van der Waals surface area contributed by atoms with E-state index in [-0.39, 0.29) is 11.8 Å². The first kappa shape index (κ1) is 12.8. The number of hydrogen-bond donors (Lipinski definition) is 1. The van der Waals surface area contributed by atoms with Gasteiger partial charge in [0.15, 0.2) is 0 Å². The number of rotatable bonds is 3. The van der Waals surface area contributed by atoms with Crippen molar-refractivity contribution in [1.29, 1.82) is 0 Å². The number of halogens is 1. The molecule has 0 atom stereocenters. The maximum Gasteiger partial charge on any atom is 0.260 e. The Bertz CT molecular complexity index is 566. The minimum atomic E-state index is -0.290. The maximum atomic E-state index is 11.9. The number of carbonyl (C=O) groups is 1. The summed E-state index contributed by atoms with van der Waals surface area (Å²) < 4.78 is 5.53. The lowest BCUT2D eigenvalue weighted by Crippen LogP contribution is -2.12. The molecule has 2 aromatic rings. The summed E-state index contributed by atoms with van der Waals surface area (Å²) in [6.07, 6.45) is 1.60. The highest BCUT2D eigenvalue weighted by molar-refractivity contribution is 9.10. The zero-order valence-corrected chi connectivity index (χ0v) is 11.6. The molecule has 2 heterocycles. The zero-order chi connectivity index (χ0) is 13.1. The predicted molar refractivity (Wildman–Crippen MR) is 70.5 cm³/mol. The number of anilines is 1. The van der Waals surface area contributed by atoms with Crippen LogP contribution < -0.4 is 5.32 Å². The molecule has 2 aromatic heterocycles. The van der Waals surface area contributed by atoms with E-state index in [0.29, 0.717) is 16.1 Å². The van der Waals surface area contributed by atoms with Crippen LogP contribution in [0.5, 0.6) is 0 Å². The van der Waals surface area contributed by atoms with Crippen LogP contribution in [0.15, 0.2) is 33.5 Å². The van der Waals surface area contributed by atoms with Gasteiger partial charge in [0, 0.05) is 12.3 Å². The van der Waals surface area contributed by atoms with Gasteiger partial charge >= 0.3 is 0 Å². The van der Waals surface area contributed by atoms with E-state index < -0.39 is 0 Å². The van der Waals surface area contributed by atoms with E-state index >= 15 is 0 Å². The molecule has 0 bridgehead atoms. The quantitative estimate of drug-likeness (QED) is 0.884. The number of amides is 1. The lowest BCUT2D eigenvalue weighted by Gasteiger charge is -2.02. The Morgan fingerprint density at radius 1 is 1.50 bits per heavy atom. The molecule has 1 amide bonds. The summed E-state index contributed by atoms with van der Waals surface area (Å²) in [6.45, 7) is 4.00. The molecule has 2 rings (SSSR count). The largest absolute Gasteiger partial charge is 0.338 e. The van der Waals surface area contributed by atoms with E-state index in [9.17, 15) is 4.79 Å². The van der Waals surface area contributed by atoms with Crippen molar-refractivity contribution in [3.63, 3.8) is 0 Å². The number of hydrogen-bond acceptors (Lipinski definition) is 4. The van der Waals surface area contributed by atoms with E-state index in [4.69, 9.17) is 4.52 Å². The van der Waals surface area contributed by atoms with E-state index in [2.05, 4.69) is 31.4 Å². The van der Waals surface area contributed by atoms with Crippen LogP contribution in [0.4, 0.5) is 5.88 Å². The molecule has 0 aliphatic carbocycles. The molecule has 0 aliphatic rings. The average Bonchev–Trinajstić information content (AvgIpc) is 2.78. The van der Waals surface area contributed by atoms with Crippen molar-refractivity contribution >= 4 is 27.7 Å². The maximum absolute atomic E-state index is 11.9. The third-order valence-corrected chi connectivity index (χ3v) is 2.99. The summed E-state index contributed by atoms with van der Waals surface area (Å²) in [6, 6.07) is 5.08. The van der Waals surface area contributed by atoms with Crippen LogP contribution in [0, 0.1) is 0 Å². The normalized spacial score (nSPS) is 10.7. The Labute approximate surface area is 113 Å². The molecular formula is C12H12BrN3O2. The number of carbonyl (C=O) groups excluding carboxylic acids is 1. The number of pyridine rings is 1. The van der Waals surface area contributed by atoms with Crippen molar-refractivity contribution in [2.45, 2.75) is 19.8 Å². The fourth-order valence-electron chi connectivity index (χ4n) is 1.35. The second-order valence-corrected chi connectivity index (χ2v) is 4.82. The minimum Gasteiger partial charge on any atom is -0.338 e. The fourth-order valence-corrected chi connectivity index (χ4v) is 1.78. The van der Waals surface area contributed by atoms with Gasteiger partial charge in [0.05, 0.1) is 11.3 Å². The Morgan fingerprint density at radius 2 is 2.28 bits per heavy atom. The predicted octanol–water partition coefficient (Wildman–Crippen LogP) is 3.21. The molecule has 0 radical (unpaired) electrons. The van der Waals surface area contributed by atoms with Crippen LogP contribution in [0.3, 0.4) is 0 Å². The number of nitrogens with zero attached hydrogens (tertiary/aromatic N) is 2. The van der Waals surface area contributed by atoms with Gasteiger partial charge in [0.1, 0.15) is 4.60 Å². The van der Waals surface area contributed by atoms with Gasteiger partial charge in [0.2, 0.25) is 5.88 Å². The third-order valence-electron chi connectivity index (χ3n) is 2.36. The van der Waals surface area contributed by atoms with Crippen LogP contribution in [-0.2, 0) is 0 Å². The summed E-state index contributed by atoms with van der Waals surface area (Å²) in [5.41, 5.74) is 1.25. The van der Waals surface area contributed by atoms with Crippen molar-refractivity contribution in [1.82, 2.24) is 10.1 Å². The summed E-state index contributed by atoms with van der Waals surface area (Å²) >= 11 is 3.22. The lowest BCUT2D eigenvalue weighted by atomic mass is 10.1. The van der Waals surface area contributed by atoms with Crippen molar-refractivity contribution in [2.24, 2.45) is 0 Å². The van der Waals surface area contributed by atoms with Crippen LogP contribution in [0.1, 0.15) is 35.8 Å². The smallest absolute Gasteiger partial charge is 0.260 e. The molecule has 94 valence electrons. The van der Waals surface area contributed by atoms with Gasteiger partial charge in [-0.15, -0.1) is 0 Å². The van der Waals surface area contributed by atoms with Crippen LogP contribution in [-0.4, -0.2) is 16.0 Å². The lowest BCUT2D eigenvalue weighted by molar-refractivity contribution is 0.102. The molecule has 5 nitrogen and oxygen atoms in total. The third kappa shape index (κ3) is 2.76. The molecule has 0 fully saturated rings. The van der Waals surface area contributed by atoms with Gasteiger partial charge in [-0.1, -0.05) is 19.0 Å². The van der Waals surface area contributed by atoms with E-state index in [1.807, 2.05) is 13.8 Å². The van der Waals surface area contributed by atoms with E-state index in [1.54, 1.807) is 24.4 Å². The Hall–Kier alpha value is -1.69. The molecule has 1 N–H and O–H groups in total. The second-order valence-electron chi connectivity index (χ2n) is 4.07. The van der Waals surface area contributed by atoms with Crippen molar-refractivity contribution in [3.05, 3.63) is 40.3 Å². The van der Waals surface area contributed by atoms with Crippen LogP contribution in [0.25, 0.3) is 0 Å². The van der Waals surface area contributed by atoms with Gasteiger partial charge in [-0.3, -0.25) is 10.1 Å². The fraction of sp³-hybridized carbons (Fsp3) is 0.250. The molecule has 0 aliphatic heterocycles. The topological polar surface area (TPSA) is 68.0 Å². The Kier molecular flexibility index (Phi) is 3.76. The average molecular weight is 310 g/mol. The standard InChI is InChI=1S/C12H12BrN3O2/c1-7(2)9-6-10(18-16-9)15-12(17)8-4-3-5-14-11(8)13/h3-7H,1-2H3,(H,15,17). The molecule has 6 heteroatoms. The highest BCUT2D eigenvalue weighted by Gasteiger charge is 2.14. The summed E-state index contributed by atoms with van der Waals surface area (Å²) in [4.78, 5) is 15.9. The van der Waals surface area contributed by atoms with Crippen LogP contribution >= 0.6 is 15.9 Å². The summed E-state index contributed by atoms with van der Waals surface area (Å²) in [5.74, 6) is 0.297. The van der Waals surface area contributed by atoms with Gasteiger partial charge in [-0.05, 0) is 34.0 Å². The van der Waals surface area contributed by atoms with Crippen molar-refractivity contribution < 1.29 is 9.32 Å². The SMILES string of the molecule is CC(C)c1cc(NC(=O)c2cccnc2Br)on1. The highest BCUT2D eigenvalue weighted by atomic mass is 79.9. The molecule has 0 saturated carbocycles. The number of aromatic nitrogens is 2. The van der Waals surface area contributed by atoms with Gasteiger partial charge < -0.3 is 4.52 Å². The molecule has 0 unspecified atom stereocenters. The Morgan fingerprint density at radius 3 is 2.89 bits per heavy atom. The first-order chi connectivity index (χ1) is 8.58. The molecule has 0 spiro atoms. The minimum absolute atomic E-state index is 0.254. The zero-order valence-electron chi connectivity index (χ0n) is 9.98. The van der Waals surface area contributed by atoms with Gasteiger partial charge in [-0.2, -0.15) is 0 Å². The molecule has 0 saturated heterocycles. The molecular weight excluding hydrogens is 298 g/mol. The first-order valence-corrected chi connectivity index (χ1v) is 6.25. The Balaban J connectivity index is 2.14. The molecule has 0 aromatic carbocycles. The highest BCUT2D eigenvalue weighted by Crippen LogP contribution is 2.19. The summed E-state index contributed by atoms with van der Waals surface area (Å²) in [7, 11) is 0. The number of nitrogens with one attached hydrogen (secondary N) is 1. The second kappa shape index (κ2) is 5.30. The van der Waals surface area contributed by atoms with Crippen LogP contribution in [0.2, 0.25) is 0 Å². The van der Waals surface area contributed by atoms with E-state index in [1.165, 1.54) is 0 Å². The van der Waals surface area contributed by atoms with Gasteiger partial charge in [-0.25, -0.2) is 4.98 Å². The summed E-state index contributed by atoms with van der Waals surface area (Å²) in [5, 5.41) is 6.50. The van der Waals surface area contributed by atoms with Crippen molar-refractivity contribution in [2.75, 3.05) is 5.32 Å². The first-order valence-electron chi connectivity index (χ1n) is 5.46.